The fourth-order valence-corrected chi connectivity index (χ4v) is 1.58. The molecule has 4 heteroatoms. The molecule has 3 N–H and O–H groups in total. The number of nitrogens with one attached hydrogen (secondary N) is 1. The first-order valence-corrected chi connectivity index (χ1v) is 5.78. The highest BCUT2D eigenvalue weighted by Crippen LogP contribution is 2.22. The van der Waals surface area contributed by atoms with Crippen molar-refractivity contribution in [1.29, 1.82) is 0 Å². The van der Waals surface area contributed by atoms with Crippen molar-refractivity contribution >= 4 is 0 Å². The summed E-state index contributed by atoms with van der Waals surface area (Å²) in [6, 6.07) is 5.14. The number of aliphatic hydroxyl groups excluding tert-OH is 1. The average molecular weight is 239 g/mol. The van der Waals surface area contributed by atoms with Crippen molar-refractivity contribution in [3.05, 3.63) is 23.8 Å². The third-order valence-electron chi connectivity index (χ3n) is 2.84. The number of aromatic hydroxyl groups is 1. The fraction of sp³-hybridized carbons (Fsp3) is 0.538. The lowest BCUT2D eigenvalue weighted by Gasteiger charge is -2.20. The molecule has 0 aliphatic heterocycles. The van der Waals surface area contributed by atoms with Crippen LogP contribution < -0.4 is 10.1 Å². The van der Waals surface area contributed by atoms with E-state index in [1.54, 1.807) is 25.3 Å². The maximum Gasteiger partial charge on any atom is 0.120 e. The van der Waals surface area contributed by atoms with E-state index in [1.165, 1.54) is 0 Å². The van der Waals surface area contributed by atoms with Gasteiger partial charge < -0.3 is 20.3 Å². The minimum atomic E-state index is 0.0283. The lowest BCUT2D eigenvalue weighted by Crippen LogP contribution is -2.36. The maximum absolute atomic E-state index is 9.70. The summed E-state index contributed by atoms with van der Waals surface area (Å²) in [5.74, 6) is 1.29. The highest BCUT2D eigenvalue weighted by Gasteiger charge is 2.12. The van der Waals surface area contributed by atoms with Crippen LogP contribution in [0.1, 0.15) is 19.4 Å². The largest absolute Gasteiger partial charge is 0.508 e. The fourth-order valence-electron chi connectivity index (χ4n) is 1.58. The minimum Gasteiger partial charge on any atom is -0.508 e. The van der Waals surface area contributed by atoms with Crippen molar-refractivity contribution in [2.24, 2.45) is 5.92 Å². The Balaban J connectivity index is 2.67. The van der Waals surface area contributed by atoms with Crippen molar-refractivity contribution in [1.82, 2.24) is 5.32 Å². The predicted octanol–water partition coefficient (Wildman–Crippen LogP) is 1.51. The lowest BCUT2D eigenvalue weighted by molar-refractivity contribution is 0.209. The van der Waals surface area contributed by atoms with Gasteiger partial charge in [-0.15, -0.1) is 0 Å². The van der Waals surface area contributed by atoms with Crippen LogP contribution in [0.2, 0.25) is 0 Å². The normalized spacial score (nSPS) is 12.8. The second-order valence-electron chi connectivity index (χ2n) is 4.41. The van der Waals surface area contributed by atoms with Gasteiger partial charge in [0, 0.05) is 18.2 Å². The molecule has 0 spiro atoms. The van der Waals surface area contributed by atoms with Crippen LogP contribution in [0.15, 0.2) is 18.2 Å². The third kappa shape index (κ3) is 3.91. The summed E-state index contributed by atoms with van der Waals surface area (Å²) in [5.41, 5.74) is 0.767. The number of aliphatic hydroxyl groups is 1. The zero-order chi connectivity index (χ0) is 12.8. The first-order chi connectivity index (χ1) is 8.08. The number of phenolic OH excluding ortho intramolecular Hbond substituents is 1. The molecular weight excluding hydrogens is 218 g/mol. The number of hydrogen-bond acceptors (Lipinski definition) is 4. The minimum absolute atomic E-state index is 0.0283. The van der Waals surface area contributed by atoms with E-state index in [4.69, 9.17) is 4.74 Å². The van der Waals surface area contributed by atoms with Gasteiger partial charge in [0.2, 0.25) is 0 Å². The molecule has 0 unspecified atom stereocenters. The molecule has 4 nitrogen and oxygen atoms in total. The van der Waals surface area contributed by atoms with Crippen LogP contribution in [0.3, 0.4) is 0 Å². The Morgan fingerprint density at radius 3 is 2.59 bits per heavy atom. The summed E-state index contributed by atoms with van der Waals surface area (Å²) >= 11 is 0. The second-order valence-corrected chi connectivity index (χ2v) is 4.41. The van der Waals surface area contributed by atoms with Crippen molar-refractivity contribution in [2.75, 3.05) is 13.7 Å². The smallest absolute Gasteiger partial charge is 0.120 e. The van der Waals surface area contributed by atoms with E-state index in [0.29, 0.717) is 18.2 Å². The maximum atomic E-state index is 9.70. The second kappa shape index (κ2) is 6.47. The van der Waals surface area contributed by atoms with Crippen molar-refractivity contribution < 1.29 is 14.9 Å². The quantitative estimate of drug-likeness (QED) is 0.704. The molecule has 0 aliphatic carbocycles. The van der Waals surface area contributed by atoms with E-state index in [1.807, 2.05) is 13.8 Å². The van der Waals surface area contributed by atoms with Gasteiger partial charge in [0.05, 0.1) is 13.7 Å². The van der Waals surface area contributed by atoms with Crippen molar-refractivity contribution in [3.8, 4) is 11.5 Å². The van der Waals surface area contributed by atoms with E-state index in [2.05, 4.69) is 5.32 Å². The van der Waals surface area contributed by atoms with Gasteiger partial charge in [0.15, 0.2) is 0 Å². The van der Waals surface area contributed by atoms with Crippen LogP contribution in [0.4, 0.5) is 0 Å². The Morgan fingerprint density at radius 2 is 2.06 bits per heavy atom. The van der Waals surface area contributed by atoms with Gasteiger partial charge in [0.1, 0.15) is 11.5 Å². The summed E-state index contributed by atoms with van der Waals surface area (Å²) in [6.45, 7) is 4.67. The Labute approximate surface area is 102 Å². The molecule has 0 fully saturated rings. The summed E-state index contributed by atoms with van der Waals surface area (Å²) in [6.07, 6.45) is 0. The van der Waals surface area contributed by atoms with Crippen LogP contribution in [-0.2, 0) is 6.54 Å². The number of methoxy groups -OCH3 is 1. The third-order valence-corrected chi connectivity index (χ3v) is 2.84. The van der Waals surface area contributed by atoms with E-state index in [0.717, 1.165) is 5.56 Å². The van der Waals surface area contributed by atoms with Crippen molar-refractivity contribution in [2.45, 2.75) is 26.4 Å². The molecule has 1 aromatic rings. The molecule has 1 aromatic carbocycles. The molecule has 0 aliphatic rings. The van der Waals surface area contributed by atoms with Crippen molar-refractivity contribution in [3.63, 3.8) is 0 Å². The Kier molecular flexibility index (Phi) is 5.25. The van der Waals surface area contributed by atoms with E-state index in [-0.39, 0.29) is 18.4 Å². The van der Waals surface area contributed by atoms with Crippen LogP contribution in [-0.4, -0.2) is 30.0 Å². The Morgan fingerprint density at radius 1 is 1.35 bits per heavy atom. The molecule has 0 radical (unpaired) electrons. The number of hydrogen-bond donors (Lipinski definition) is 3. The topological polar surface area (TPSA) is 61.7 Å². The summed E-state index contributed by atoms with van der Waals surface area (Å²) in [4.78, 5) is 0. The number of ether oxygens (including phenoxy) is 1. The highest BCUT2D eigenvalue weighted by atomic mass is 16.5. The molecule has 1 rings (SSSR count). The van der Waals surface area contributed by atoms with E-state index >= 15 is 0 Å². The molecule has 0 saturated heterocycles. The molecule has 0 amide bonds. The monoisotopic (exact) mass is 239 g/mol. The summed E-state index contributed by atoms with van der Waals surface area (Å²) < 4.78 is 5.10. The van der Waals surface area contributed by atoms with E-state index < -0.39 is 0 Å². The number of phenols is 1. The van der Waals surface area contributed by atoms with E-state index in [9.17, 15) is 10.2 Å². The van der Waals surface area contributed by atoms with Gasteiger partial charge in [-0.1, -0.05) is 13.8 Å². The molecule has 0 aromatic heterocycles. The standard InChI is InChI=1S/C13H21NO3/c1-9(2)12(8-15)14-7-10-6-11(17-3)4-5-13(10)16/h4-6,9,12,14-16H,7-8H2,1-3H3/t12-/m1/s1. The predicted molar refractivity (Wildman–Crippen MR) is 67.2 cm³/mol. The molecule has 0 heterocycles. The lowest BCUT2D eigenvalue weighted by atomic mass is 10.0. The van der Waals surface area contributed by atoms with Crippen LogP contribution in [0.25, 0.3) is 0 Å². The number of benzene rings is 1. The molecular formula is C13H21NO3. The van der Waals surface area contributed by atoms with Crippen LogP contribution >= 0.6 is 0 Å². The average Bonchev–Trinajstić information content (AvgIpc) is 2.31. The van der Waals surface area contributed by atoms with Gasteiger partial charge in [0.25, 0.3) is 0 Å². The van der Waals surface area contributed by atoms with Crippen LogP contribution in [0, 0.1) is 5.92 Å². The first-order valence-electron chi connectivity index (χ1n) is 5.78. The Bertz CT molecular complexity index is 353. The zero-order valence-corrected chi connectivity index (χ0v) is 10.6. The van der Waals surface area contributed by atoms with Gasteiger partial charge in [-0.05, 0) is 24.1 Å². The molecule has 96 valence electrons. The number of rotatable bonds is 6. The first kappa shape index (κ1) is 13.8. The molecule has 17 heavy (non-hydrogen) atoms. The summed E-state index contributed by atoms with van der Waals surface area (Å²) in [7, 11) is 1.59. The van der Waals surface area contributed by atoms with Crippen LogP contribution in [0.5, 0.6) is 11.5 Å². The van der Waals surface area contributed by atoms with Gasteiger partial charge >= 0.3 is 0 Å². The molecule has 0 bridgehead atoms. The summed E-state index contributed by atoms with van der Waals surface area (Å²) in [5, 5.41) is 22.1. The SMILES string of the molecule is COc1ccc(O)c(CN[C@H](CO)C(C)C)c1. The Hall–Kier alpha value is -1.26. The van der Waals surface area contributed by atoms with Gasteiger partial charge in [-0.3, -0.25) is 0 Å². The molecule has 0 saturated carbocycles. The molecule has 1 atom stereocenters. The zero-order valence-electron chi connectivity index (χ0n) is 10.6. The van der Waals surface area contributed by atoms with Gasteiger partial charge in [-0.25, -0.2) is 0 Å². The highest BCUT2D eigenvalue weighted by molar-refractivity contribution is 5.39. The van der Waals surface area contributed by atoms with Gasteiger partial charge in [-0.2, -0.15) is 0 Å².